The van der Waals surface area contributed by atoms with Gasteiger partial charge in [0.1, 0.15) is 29.9 Å². The van der Waals surface area contributed by atoms with E-state index in [1.54, 1.807) is 31.2 Å². The average Bonchev–Trinajstić information content (AvgIpc) is 2.82. The number of carbonyl (C=O) groups excluding carboxylic acids is 1. The van der Waals surface area contributed by atoms with E-state index in [9.17, 15) is 13.2 Å². The van der Waals surface area contributed by atoms with Gasteiger partial charge in [0, 0.05) is 0 Å². The first-order valence-corrected chi connectivity index (χ1v) is 13.6. The lowest BCUT2D eigenvalue weighted by Crippen LogP contribution is -2.48. The molecule has 3 aromatic carbocycles. The minimum atomic E-state index is -3.72. The number of para-hydroxylation sites is 1. The molecule has 0 saturated carbocycles. The van der Waals surface area contributed by atoms with Gasteiger partial charge in [-0.25, -0.2) is 8.42 Å². The monoisotopic (exact) mass is 510 g/mol. The lowest BCUT2D eigenvalue weighted by Gasteiger charge is -2.28. The molecule has 1 atom stereocenters. The lowest BCUT2D eigenvalue weighted by atomic mass is 9.87. The van der Waals surface area contributed by atoms with Crippen LogP contribution in [0.1, 0.15) is 33.3 Å². The quantitative estimate of drug-likeness (QED) is 0.383. The van der Waals surface area contributed by atoms with Gasteiger partial charge >= 0.3 is 0 Å². The normalized spacial score (nSPS) is 12.5. The van der Waals surface area contributed by atoms with Crippen LogP contribution in [0.3, 0.4) is 0 Å². The largest absolute Gasteiger partial charge is 0.492 e. The summed E-state index contributed by atoms with van der Waals surface area (Å²) in [6, 6.07) is 22.8. The summed E-state index contributed by atoms with van der Waals surface area (Å²) in [5.41, 5.74) is 1.64. The van der Waals surface area contributed by atoms with Crippen LogP contribution < -0.4 is 19.1 Å². The van der Waals surface area contributed by atoms with Crippen molar-refractivity contribution in [1.29, 1.82) is 0 Å². The molecule has 7 nitrogen and oxygen atoms in total. The fraction of sp³-hybridized carbons (Fsp3) is 0.321. The van der Waals surface area contributed by atoms with Crippen molar-refractivity contribution in [2.24, 2.45) is 0 Å². The van der Waals surface area contributed by atoms with Gasteiger partial charge in [-0.15, -0.1) is 0 Å². The minimum absolute atomic E-state index is 0.0589. The Morgan fingerprint density at radius 1 is 0.889 bits per heavy atom. The van der Waals surface area contributed by atoms with Gasteiger partial charge in [-0.3, -0.25) is 9.10 Å². The zero-order valence-electron chi connectivity index (χ0n) is 21.4. The molecule has 192 valence electrons. The van der Waals surface area contributed by atoms with E-state index in [0.29, 0.717) is 22.9 Å². The molecule has 3 rings (SSSR count). The van der Waals surface area contributed by atoms with Crippen LogP contribution in [0.4, 0.5) is 5.69 Å². The Hall–Kier alpha value is -3.52. The van der Waals surface area contributed by atoms with Gasteiger partial charge in [-0.05, 0) is 66.4 Å². The number of carbonyl (C=O) groups is 1. The standard InChI is InChI=1S/C28H34N2O5S/c1-21(27(31)29-19-20-34-24-15-11-22(12-16-24)28(2,3)4)30(36(5,32)33)23-13-17-26(18-14-23)35-25-9-7-6-8-10-25/h6-18,21H,19-20H2,1-5H3,(H,29,31)/t21-/m0/s1. The van der Waals surface area contributed by atoms with E-state index in [1.807, 2.05) is 54.6 Å². The number of hydrogen-bond donors (Lipinski definition) is 1. The zero-order valence-corrected chi connectivity index (χ0v) is 22.2. The van der Waals surface area contributed by atoms with E-state index in [4.69, 9.17) is 9.47 Å². The molecular weight excluding hydrogens is 476 g/mol. The molecule has 0 unspecified atom stereocenters. The van der Waals surface area contributed by atoms with Crippen LogP contribution >= 0.6 is 0 Å². The molecule has 8 heteroatoms. The van der Waals surface area contributed by atoms with Crippen LogP contribution in [-0.2, 0) is 20.2 Å². The Labute approximate surface area is 214 Å². The van der Waals surface area contributed by atoms with Crippen LogP contribution in [0.2, 0.25) is 0 Å². The van der Waals surface area contributed by atoms with Gasteiger partial charge in [0.15, 0.2) is 0 Å². The van der Waals surface area contributed by atoms with Crippen molar-refractivity contribution >= 4 is 21.6 Å². The molecule has 0 fully saturated rings. The molecular formula is C28H34N2O5S. The van der Waals surface area contributed by atoms with Crippen LogP contribution in [0.15, 0.2) is 78.9 Å². The van der Waals surface area contributed by atoms with Crippen LogP contribution in [0, 0.1) is 0 Å². The first-order chi connectivity index (χ1) is 16.9. The molecule has 0 saturated heterocycles. The number of amides is 1. The lowest BCUT2D eigenvalue weighted by molar-refractivity contribution is -0.121. The number of sulfonamides is 1. The first kappa shape index (κ1) is 27.1. The van der Waals surface area contributed by atoms with E-state index in [0.717, 1.165) is 10.6 Å². The van der Waals surface area contributed by atoms with E-state index >= 15 is 0 Å². The van der Waals surface area contributed by atoms with Crippen molar-refractivity contribution in [1.82, 2.24) is 5.32 Å². The molecule has 0 aliphatic rings. The number of nitrogens with zero attached hydrogens (tertiary/aromatic N) is 1. The summed E-state index contributed by atoms with van der Waals surface area (Å²) in [4.78, 5) is 12.8. The van der Waals surface area contributed by atoms with Crippen LogP contribution in [-0.4, -0.2) is 39.8 Å². The number of hydrogen-bond acceptors (Lipinski definition) is 5. The van der Waals surface area contributed by atoms with Gasteiger partial charge in [0.2, 0.25) is 15.9 Å². The molecule has 0 bridgehead atoms. The molecule has 0 aliphatic carbocycles. The second-order valence-electron chi connectivity index (χ2n) is 9.56. The molecule has 0 radical (unpaired) electrons. The first-order valence-electron chi connectivity index (χ1n) is 11.8. The number of anilines is 1. The van der Waals surface area contributed by atoms with Crippen molar-refractivity contribution in [3.63, 3.8) is 0 Å². The van der Waals surface area contributed by atoms with Gasteiger partial charge in [0.05, 0.1) is 18.5 Å². The summed E-state index contributed by atoms with van der Waals surface area (Å²) in [6.07, 6.45) is 1.08. The summed E-state index contributed by atoms with van der Waals surface area (Å²) in [6.45, 7) is 8.49. The summed E-state index contributed by atoms with van der Waals surface area (Å²) in [5.74, 6) is 1.52. The van der Waals surface area contributed by atoms with Crippen molar-refractivity contribution < 1.29 is 22.7 Å². The number of ether oxygens (including phenoxy) is 2. The number of rotatable bonds is 10. The second kappa shape index (κ2) is 11.5. The predicted molar refractivity (Wildman–Crippen MR) is 143 cm³/mol. The van der Waals surface area contributed by atoms with Crippen LogP contribution in [0.25, 0.3) is 0 Å². The zero-order chi connectivity index (χ0) is 26.3. The molecule has 0 heterocycles. The Kier molecular flexibility index (Phi) is 8.63. The molecule has 0 spiro atoms. The van der Waals surface area contributed by atoms with E-state index in [2.05, 4.69) is 26.1 Å². The maximum Gasteiger partial charge on any atom is 0.243 e. The third-order valence-corrected chi connectivity index (χ3v) is 6.79. The summed E-state index contributed by atoms with van der Waals surface area (Å²) < 4.78 is 37.7. The van der Waals surface area contributed by atoms with Crippen molar-refractivity contribution in [2.75, 3.05) is 23.7 Å². The molecule has 1 amide bonds. The predicted octanol–water partition coefficient (Wildman–Crippen LogP) is 5.13. The maximum atomic E-state index is 12.8. The van der Waals surface area contributed by atoms with Crippen molar-refractivity contribution in [2.45, 2.75) is 39.2 Å². The number of nitrogens with one attached hydrogen (secondary N) is 1. The van der Waals surface area contributed by atoms with Gasteiger partial charge < -0.3 is 14.8 Å². The Morgan fingerprint density at radius 3 is 2.00 bits per heavy atom. The third kappa shape index (κ3) is 7.49. The van der Waals surface area contributed by atoms with Crippen molar-refractivity contribution in [3.05, 3.63) is 84.4 Å². The van der Waals surface area contributed by atoms with E-state index < -0.39 is 22.0 Å². The smallest absolute Gasteiger partial charge is 0.243 e. The highest BCUT2D eigenvalue weighted by Gasteiger charge is 2.29. The highest BCUT2D eigenvalue weighted by atomic mass is 32.2. The minimum Gasteiger partial charge on any atom is -0.492 e. The Balaban J connectivity index is 1.58. The Bertz CT molecular complexity index is 1240. The summed E-state index contributed by atoms with van der Waals surface area (Å²) in [5, 5.41) is 2.76. The van der Waals surface area contributed by atoms with Crippen molar-refractivity contribution in [3.8, 4) is 17.2 Å². The maximum absolute atomic E-state index is 12.8. The highest BCUT2D eigenvalue weighted by molar-refractivity contribution is 7.92. The van der Waals surface area contributed by atoms with E-state index in [-0.39, 0.29) is 18.6 Å². The third-order valence-electron chi connectivity index (χ3n) is 5.55. The molecule has 0 aromatic heterocycles. The van der Waals surface area contributed by atoms with Gasteiger partial charge in [-0.1, -0.05) is 51.1 Å². The summed E-state index contributed by atoms with van der Waals surface area (Å²) in [7, 11) is -3.72. The van der Waals surface area contributed by atoms with E-state index in [1.165, 1.54) is 5.56 Å². The molecule has 1 N–H and O–H groups in total. The topological polar surface area (TPSA) is 84.9 Å². The highest BCUT2D eigenvalue weighted by Crippen LogP contribution is 2.27. The van der Waals surface area contributed by atoms with Gasteiger partial charge in [-0.2, -0.15) is 0 Å². The molecule has 3 aromatic rings. The van der Waals surface area contributed by atoms with Gasteiger partial charge in [0.25, 0.3) is 0 Å². The van der Waals surface area contributed by atoms with Crippen LogP contribution in [0.5, 0.6) is 17.2 Å². The fourth-order valence-electron chi connectivity index (χ4n) is 3.64. The Morgan fingerprint density at radius 2 is 1.44 bits per heavy atom. The fourth-order valence-corrected chi connectivity index (χ4v) is 4.81. The second-order valence-corrected chi connectivity index (χ2v) is 11.4. The molecule has 36 heavy (non-hydrogen) atoms. The summed E-state index contributed by atoms with van der Waals surface area (Å²) >= 11 is 0. The number of benzene rings is 3. The molecule has 0 aliphatic heterocycles. The SMILES string of the molecule is C[C@@H](C(=O)NCCOc1ccc(C(C)(C)C)cc1)N(c1ccc(Oc2ccccc2)cc1)S(C)(=O)=O. The average molecular weight is 511 g/mol.